The average molecular weight is 481 g/mol. The van der Waals surface area contributed by atoms with Crippen molar-refractivity contribution in [2.75, 3.05) is 24.9 Å². The fourth-order valence-corrected chi connectivity index (χ4v) is 3.83. The summed E-state index contributed by atoms with van der Waals surface area (Å²) in [5.41, 5.74) is 0.874. The van der Waals surface area contributed by atoms with Crippen molar-refractivity contribution in [1.29, 1.82) is 0 Å². The van der Waals surface area contributed by atoms with Crippen LogP contribution in [0.15, 0.2) is 48.5 Å². The number of carbonyl (C=O) groups is 1. The van der Waals surface area contributed by atoms with Crippen molar-refractivity contribution in [2.24, 2.45) is 0 Å². The van der Waals surface area contributed by atoms with Crippen molar-refractivity contribution in [1.82, 2.24) is 9.78 Å². The van der Waals surface area contributed by atoms with Gasteiger partial charge in [-0.2, -0.15) is 18.3 Å². The second-order valence-corrected chi connectivity index (χ2v) is 7.86. The molecule has 2 aromatic carbocycles. The van der Waals surface area contributed by atoms with Crippen molar-refractivity contribution < 1.29 is 27.4 Å². The van der Waals surface area contributed by atoms with Gasteiger partial charge in [0.2, 0.25) is 0 Å². The van der Waals surface area contributed by atoms with Crippen LogP contribution in [0.2, 0.25) is 5.02 Å². The summed E-state index contributed by atoms with van der Waals surface area (Å²) in [4.78, 5) is 12.7. The Kier molecular flexibility index (Phi) is 6.11. The van der Waals surface area contributed by atoms with Crippen molar-refractivity contribution in [3.63, 3.8) is 0 Å². The minimum atomic E-state index is -4.55. The quantitative estimate of drug-likeness (QED) is 0.506. The van der Waals surface area contributed by atoms with Gasteiger partial charge in [0.1, 0.15) is 5.82 Å². The van der Waals surface area contributed by atoms with E-state index in [-0.39, 0.29) is 17.9 Å². The number of rotatable bonds is 5. The molecule has 3 aromatic rings. The number of nitrogens with zero attached hydrogens (tertiary/aromatic N) is 2. The number of alkyl halides is 3. The molecule has 0 fully saturated rings. The standard InChI is InChI=1S/C22H20ClF3N4O3/c1-32-17-8-7-14(9-18(17)33-2)27-21(31)16-11-20-28-15(12-3-5-13(23)6-4-12)10-19(22(24,25)26)30(20)29-16/h3-9,11,15,19,28H,10H2,1-2H3,(H,27,31)/t15-,19+/m0/s1. The Morgan fingerprint density at radius 1 is 1.12 bits per heavy atom. The highest BCUT2D eigenvalue weighted by Gasteiger charge is 2.46. The molecule has 2 heterocycles. The predicted octanol–water partition coefficient (Wildman–Crippen LogP) is 5.47. The monoisotopic (exact) mass is 480 g/mol. The average Bonchev–Trinajstić information content (AvgIpc) is 3.22. The van der Waals surface area contributed by atoms with Crippen LogP contribution in [0.1, 0.15) is 34.6 Å². The van der Waals surface area contributed by atoms with Gasteiger partial charge in [0.25, 0.3) is 5.91 Å². The van der Waals surface area contributed by atoms with E-state index in [0.717, 1.165) is 4.68 Å². The van der Waals surface area contributed by atoms with Gasteiger partial charge in [0, 0.05) is 29.3 Å². The van der Waals surface area contributed by atoms with Gasteiger partial charge < -0.3 is 20.1 Å². The zero-order valence-electron chi connectivity index (χ0n) is 17.6. The molecule has 1 aromatic heterocycles. The van der Waals surface area contributed by atoms with Crippen LogP contribution in [-0.4, -0.2) is 36.1 Å². The number of hydrogen-bond donors (Lipinski definition) is 2. The Balaban J connectivity index is 1.61. The number of ether oxygens (including phenoxy) is 2. The first-order valence-corrected chi connectivity index (χ1v) is 10.3. The summed E-state index contributed by atoms with van der Waals surface area (Å²) in [5, 5.41) is 10.1. The van der Waals surface area contributed by atoms with E-state index >= 15 is 0 Å². The normalized spacial score (nSPS) is 17.6. The summed E-state index contributed by atoms with van der Waals surface area (Å²) in [6.45, 7) is 0. The number of fused-ring (bicyclic) bond motifs is 1. The van der Waals surface area contributed by atoms with Gasteiger partial charge in [0.05, 0.1) is 20.3 Å². The van der Waals surface area contributed by atoms with E-state index in [1.165, 1.54) is 20.3 Å². The van der Waals surface area contributed by atoms with E-state index in [4.69, 9.17) is 21.1 Å². The lowest BCUT2D eigenvalue weighted by Gasteiger charge is -2.33. The lowest BCUT2D eigenvalue weighted by Crippen LogP contribution is -2.35. The number of carbonyl (C=O) groups excluding carboxylic acids is 1. The number of hydrogen-bond acceptors (Lipinski definition) is 5. The summed E-state index contributed by atoms with van der Waals surface area (Å²) in [5.74, 6) is 0.304. The van der Waals surface area contributed by atoms with Gasteiger partial charge in [-0.25, -0.2) is 4.68 Å². The Labute approximate surface area is 192 Å². The van der Waals surface area contributed by atoms with Gasteiger partial charge >= 0.3 is 6.18 Å². The molecule has 4 rings (SSSR count). The number of amides is 1. The number of anilines is 2. The third kappa shape index (κ3) is 4.70. The van der Waals surface area contributed by atoms with Crippen LogP contribution in [0.5, 0.6) is 11.5 Å². The number of methoxy groups -OCH3 is 2. The molecule has 0 saturated heterocycles. The minimum absolute atomic E-state index is 0.0981. The number of aromatic nitrogens is 2. The van der Waals surface area contributed by atoms with Gasteiger partial charge in [-0.1, -0.05) is 23.7 Å². The highest BCUT2D eigenvalue weighted by molar-refractivity contribution is 6.30. The van der Waals surface area contributed by atoms with Crippen molar-refractivity contribution in [2.45, 2.75) is 24.7 Å². The lowest BCUT2D eigenvalue weighted by molar-refractivity contribution is -0.173. The molecule has 0 radical (unpaired) electrons. The summed E-state index contributed by atoms with van der Waals surface area (Å²) < 4.78 is 52.7. The van der Waals surface area contributed by atoms with Crippen LogP contribution in [0.3, 0.4) is 0 Å². The fraction of sp³-hybridized carbons (Fsp3) is 0.273. The molecule has 2 atom stereocenters. The molecule has 0 unspecified atom stereocenters. The van der Waals surface area contributed by atoms with E-state index in [0.29, 0.717) is 27.8 Å². The molecule has 174 valence electrons. The zero-order chi connectivity index (χ0) is 23.8. The third-order valence-corrected chi connectivity index (χ3v) is 5.59. The predicted molar refractivity (Wildman–Crippen MR) is 117 cm³/mol. The molecule has 0 bridgehead atoms. The van der Waals surface area contributed by atoms with E-state index < -0.39 is 24.2 Å². The Morgan fingerprint density at radius 3 is 2.45 bits per heavy atom. The second kappa shape index (κ2) is 8.86. The molecule has 0 aliphatic carbocycles. The maximum Gasteiger partial charge on any atom is 0.410 e. The zero-order valence-corrected chi connectivity index (χ0v) is 18.4. The molecule has 2 N–H and O–H groups in total. The molecular weight excluding hydrogens is 461 g/mol. The largest absolute Gasteiger partial charge is 0.493 e. The maximum atomic E-state index is 13.8. The van der Waals surface area contributed by atoms with Crippen LogP contribution in [0.25, 0.3) is 0 Å². The fourth-order valence-electron chi connectivity index (χ4n) is 3.71. The number of benzene rings is 2. The van der Waals surface area contributed by atoms with Crippen molar-refractivity contribution in [3.05, 3.63) is 64.8 Å². The van der Waals surface area contributed by atoms with E-state index in [9.17, 15) is 18.0 Å². The third-order valence-electron chi connectivity index (χ3n) is 5.34. The molecule has 0 saturated carbocycles. The van der Waals surface area contributed by atoms with Gasteiger partial charge in [-0.3, -0.25) is 4.79 Å². The Bertz CT molecular complexity index is 1160. The number of nitrogens with one attached hydrogen (secondary N) is 2. The highest BCUT2D eigenvalue weighted by atomic mass is 35.5. The number of halogens is 4. The summed E-state index contributed by atoms with van der Waals surface area (Å²) in [6, 6.07) is 10.1. The van der Waals surface area contributed by atoms with Crippen molar-refractivity contribution >= 4 is 29.0 Å². The molecule has 0 spiro atoms. The molecular formula is C22H20ClF3N4O3. The molecule has 1 aliphatic heterocycles. The first kappa shape index (κ1) is 22.8. The summed E-state index contributed by atoms with van der Waals surface area (Å²) in [6.07, 6.45) is -4.83. The lowest BCUT2D eigenvalue weighted by atomic mass is 9.97. The van der Waals surface area contributed by atoms with Crippen LogP contribution < -0.4 is 20.1 Å². The first-order valence-electron chi connectivity index (χ1n) is 9.91. The Morgan fingerprint density at radius 2 is 1.82 bits per heavy atom. The van der Waals surface area contributed by atoms with Gasteiger partial charge in [0.15, 0.2) is 23.2 Å². The molecule has 7 nitrogen and oxygen atoms in total. The van der Waals surface area contributed by atoms with E-state index in [1.54, 1.807) is 42.5 Å². The van der Waals surface area contributed by atoms with Crippen molar-refractivity contribution in [3.8, 4) is 11.5 Å². The van der Waals surface area contributed by atoms with Crippen LogP contribution in [-0.2, 0) is 0 Å². The van der Waals surface area contributed by atoms with E-state index in [1.807, 2.05) is 0 Å². The smallest absolute Gasteiger partial charge is 0.410 e. The molecule has 33 heavy (non-hydrogen) atoms. The van der Waals surface area contributed by atoms with Gasteiger partial charge in [-0.05, 0) is 29.8 Å². The molecule has 1 aliphatic rings. The summed E-state index contributed by atoms with van der Waals surface area (Å²) >= 11 is 5.90. The van der Waals surface area contributed by atoms with Crippen LogP contribution in [0.4, 0.5) is 24.7 Å². The molecule has 1 amide bonds. The van der Waals surface area contributed by atoms with Crippen LogP contribution in [0, 0.1) is 0 Å². The topological polar surface area (TPSA) is 77.4 Å². The second-order valence-electron chi connectivity index (χ2n) is 7.42. The maximum absolute atomic E-state index is 13.8. The highest BCUT2D eigenvalue weighted by Crippen LogP contribution is 2.43. The Hall–Kier alpha value is -3.40. The summed E-state index contributed by atoms with van der Waals surface area (Å²) in [7, 11) is 2.93. The van der Waals surface area contributed by atoms with Crippen LogP contribution >= 0.6 is 11.6 Å². The minimum Gasteiger partial charge on any atom is -0.493 e. The van der Waals surface area contributed by atoms with Gasteiger partial charge in [-0.15, -0.1) is 0 Å². The first-order chi connectivity index (χ1) is 15.7. The molecule has 11 heteroatoms. The van der Waals surface area contributed by atoms with E-state index in [2.05, 4.69) is 15.7 Å². The SMILES string of the molecule is COc1ccc(NC(=O)c2cc3n(n2)[C@@H](C(F)(F)F)C[C@@H](c2ccc(Cl)cc2)N3)cc1OC.